The number of aryl methyl sites for hydroxylation is 2. The van der Waals surface area contributed by atoms with Crippen molar-refractivity contribution in [3.8, 4) is 16.9 Å². The van der Waals surface area contributed by atoms with Crippen LogP contribution in [0.25, 0.3) is 11.1 Å². The Labute approximate surface area is 454 Å². The molecule has 0 saturated heterocycles. The van der Waals surface area contributed by atoms with Crippen molar-refractivity contribution in [2.45, 2.75) is 39.7 Å². The van der Waals surface area contributed by atoms with Crippen LogP contribution >= 0.6 is 0 Å². The lowest BCUT2D eigenvalue weighted by molar-refractivity contribution is -0.0980. The Morgan fingerprint density at radius 2 is 0.870 bits per heavy atom. The first kappa shape index (κ1) is 64.5. The zero-order valence-corrected chi connectivity index (χ0v) is 45.9. The van der Waals surface area contributed by atoms with E-state index in [0.717, 1.165) is 50.1 Å². The van der Waals surface area contributed by atoms with Gasteiger partial charge in [0.15, 0.2) is 5.78 Å². The number of fused-ring (bicyclic) bond motifs is 3. The Bertz CT molecular complexity index is 2240. The highest BCUT2D eigenvalue weighted by Crippen LogP contribution is 2.57. The summed E-state index contributed by atoms with van der Waals surface area (Å²) >= 11 is 0. The summed E-state index contributed by atoms with van der Waals surface area (Å²) in [6.07, 6.45) is 0. The number of hydrogen-bond donors (Lipinski definition) is 1. The molecule has 0 bridgehead atoms. The van der Waals surface area contributed by atoms with Gasteiger partial charge in [0.2, 0.25) is 0 Å². The van der Waals surface area contributed by atoms with E-state index >= 15 is 0 Å². The number of aliphatic hydroxyl groups is 1. The van der Waals surface area contributed by atoms with E-state index in [-0.39, 0.29) is 44.4 Å². The van der Waals surface area contributed by atoms with Crippen LogP contribution in [-0.4, -0.2) is 196 Å². The summed E-state index contributed by atoms with van der Waals surface area (Å²) in [4.78, 5) is 35.5. The maximum atomic E-state index is 13.9. The summed E-state index contributed by atoms with van der Waals surface area (Å²) < 4.78 is 78.2. The lowest BCUT2D eigenvalue weighted by Crippen LogP contribution is -2.30. The Hall–Kier alpha value is -5.03. The summed E-state index contributed by atoms with van der Waals surface area (Å²) in [5.41, 5.74) is 8.66. The second-order valence-corrected chi connectivity index (χ2v) is 17.4. The van der Waals surface area contributed by atoms with Crippen LogP contribution in [0.3, 0.4) is 0 Å². The molecule has 1 aliphatic carbocycles. The van der Waals surface area contributed by atoms with E-state index in [1.54, 1.807) is 21.0 Å². The number of carbonyl (C=O) groups excluding carboxylic acids is 3. The normalized spacial score (nSPS) is 12.2. The number of benzene rings is 4. The number of aliphatic hydroxyl groups excluding tert-OH is 1. The Morgan fingerprint density at radius 3 is 1.29 bits per heavy atom. The van der Waals surface area contributed by atoms with Crippen LogP contribution in [0.5, 0.6) is 5.75 Å². The minimum absolute atomic E-state index is 0.00209. The summed E-state index contributed by atoms with van der Waals surface area (Å²) in [6, 6.07) is 24.7. The molecule has 4 aromatic carbocycles. The van der Waals surface area contributed by atoms with Gasteiger partial charge in [0.25, 0.3) is 0 Å². The molecular formula is C59H82O18. The molecule has 0 unspecified atom stereocenters. The highest BCUT2D eigenvalue weighted by Gasteiger charge is 2.47. The van der Waals surface area contributed by atoms with Gasteiger partial charge in [-0.05, 0) is 84.8 Å². The minimum atomic E-state index is -0.944. The van der Waals surface area contributed by atoms with Gasteiger partial charge in [-0.3, -0.25) is 4.79 Å². The summed E-state index contributed by atoms with van der Waals surface area (Å²) in [5.74, 6) is -0.242. The Morgan fingerprint density at radius 1 is 0.481 bits per heavy atom. The molecule has 77 heavy (non-hydrogen) atoms. The molecule has 0 aliphatic heterocycles. The van der Waals surface area contributed by atoms with Gasteiger partial charge in [0, 0.05) is 12.7 Å². The number of esters is 1. The molecule has 1 aliphatic rings. The van der Waals surface area contributed by atoms with Gasteiger partial charge >= 0.3 is 5.97 Å². The number of methoxy groups -OCH3 is 1. The van der Waals surface area contributed by atoms with Crippen molar-refractivity contribution in [1.29, 1.82) is 0 Å². The van der Waals surface area contributed by atoms with Gasteiger partial charge in [0.05, 0.1) is 171 Å². The molecule has 1 N–H and O–H groups in total. The first-order valence-corrected chi connectivity index (χ1v) is 26.3. The van der Waals surface area contributed by atoms with Crippen LogP contribution in [0.1, 0.15) is 73.5 Å². The van der Waals surface area contributed by atoms with Crippen LogP contribution in [0.15, 0.2) is 72.8 Å². The fourth-order valence-corrected chi connectivity index (χ4v) is 8.54. The van der Waals surface area contributed by atoms with Gasteiger partial charge in [-0.2, -0.15) is 0 Å². The molecule has 0 spiro atoms. The molecule has 0 amide bonds. The van der Waals surface area contributed by atoms with Crippen LogP contribution in [0.4, 0.5) is 0 Å². The van der Waals surface area contributed by atoms with Crippen LogP contribution in [0.2, 0.25) is 0 Å². The van der Waals surface area contributed by atoms with E-state index in [0.29, 0.717) is 150 Å². The van der Waals surface area contributed by atoms with Gasteiger partial charge in [-0.1, -0.05) is 65.7 Å². The molecule has 18 nitrogen and oxygen atoms in total. The lowest BCUT2D eigenvalue weighted by Gasteiger charge is -2.35. The first-order valence-electron chi connectivity index (χ1n) is 26.3. The lowest BCUT2D eigenvalue weighted by atomic mass is 9.66. The third kappa shape index (κ3) is 21.3. The number of hydrogen-bond acceptors (Lipinski definition) is 18. The smallest absolute Gasteiger partial charge is 0.341 e. The van der Waals surface area contributed by atoms with Gasteiger partial charge in [-0.15, -0.1) is 0 Å². The molecule has 0 aromatic heterocycles. The number of Topliss-reactive ketones (excluding diaryl/α,β-unsaturated/α-hetero) is 1. The molecular weight excluding hydrogens is 997 g/mol. The van der Waals surface area contributed by atoms with E-state index in [2.05, 4.69) is 56.3 Å². The van der Waals surface area contributed by atoms with Gasteiger partial charge in [-0.25, -0.2) is 4.79 Å². The van der Waals surface area contributed by atoms with E-state index in [1.165, 1.54) is 0 Å². The Kier molecular flexibility index (Phi) is 32.3. The van der Waals surface area contributed by atoms with Crippen molar-refractivity contribution in [3.63, 3.8) is 0 Å². The third-order valence-corrected chi connectivity index (χ3v) is 12.0. The first-order chi connectivity index (χ1) is 37.8. The second-order valence-electron chi connectivity index (χ2n) is 17.4. The average Bonchev–Trinajstić information content (AvgIpc) is 3.71. The van der Waals surface area contributed by atoms with Crippen molar-refractivity contribution in [1.82, 2.24) is 0 Å². The van der Waals surface area contributed by atoms with Gasteiger partial charge in [0.1, 0.15) is 24.7 Å². The minimum Gasteiger partial charge on any atom is -0.490 e. The number of ether oxygens (including phenoxy) is 14. The molecule has 0 fully saturated rings. The van der Waals surface area contributed by atoms with Crippen molar-refractivity contribution >= 4 is 18.5 Å². The number of ketones is 1. The Balaban J connectivity index is 0.00000632. The van der Waals surface area contributed by atoms with E-state index in [1.807, 2.05) is 37.1 Å². The van der Waals surface area contributed by atoms with Crippen LogP contribution in [0, 0.1) is 13.8 Å². The third-order valence-electron chi connectivity index (χ3n) is 12.0. The van der Waals surface area contributed by atoms with Crippen LogP contribution in [-0.2, 0) is 78.4 Å². The summed E-state index contributed by atoms with van der Waals surface area (Å²) in [6.45, 7) is 19.5. The zero-order valence-electron chi connectivity index (χ0n) is 45.9. The highest BCUT2D eigenvalue weighted by atomic mass is 16.6. The number of rotatable bonds is 43. The van der Waals surface area contributed by atoms with Crippen molar-refractivity contribution < 1.29 is 85.8 Å². The summed E-state index contributed by atoms with van der Waals surface area (Å²) in [7, 11) is 1.64. The standard InChI is InChI=1S/C58H80O17.CH2O/c1-6-74-57(61)53-42-49(11-14-56(53)75-38-37-72-34-33-70-30-29-68-26-25-66-22-21-64-18-17-62-5)58(54-39-44(2)7-12-50(54)51-13-8-45(3)40-55(51)58)48-10-9-47(52(41-48)46(4)60)43-73-36-35-71-32-31-69-28-27-67-24-23-65-20-19-63-16-15-59;1-2/h7-14,39-42,59H,6,15-38,43H2,1-5H3;1H2. The van der Waals surface area contributed by atoms with Crippen molar-refractivity contribution in [3.05, 3.63) is 123 Å². The SMILES string of the molecule is C=O.CCOC(=O)c1cc(C2(c3ccc(COCCOCCOCCOCCOCCOCCO)c(C(C)=O)c3)c3cc(C)ccc3-c3ccc(C)cc32)ccc1OCCOCCOCCOCCOCCOCCOC. The molecule has 5 rings (SSSR count). The van der Waals surface area contributed by atoms with Gasteiger partial charge < -0.3 is 76.2 Å². The van der Waals surface area contributed by atoms with Crippen LogP contribution < -0.4 is 4.74 Å². The van der Waals surface area contributed by atoms with Crippen molar-refractivity contribution in [2.75, 3.05) is 172 Å². The van der Waals surface area contributed by atoms with E-state index < -0.39 is 11.4 Å². The van der Waals surface area contributed by atoms with Crippen molar-refractivity contribution in [2.24, 2.45) is 0 Å². The molecule has 0 heterocycles. The predicted molar refractivity (Wildman–Crippen MR) is 289 cm³/mol. The van der Waals surface area contributed by atoms with E-state index in [4.69, 9.17) is 76.2 Å². The highest BCUT2D eigenvalue weighted by molar-refractivity contribution is 5.97. The monoisotopic (exact) mass is 1080 g/mol. The predicted octanol–water partition coefficient (Wildman–Crippen LogP) is 6.56. The summed E-state index contributed by atoms with van der Waals surface area (Å²) in [5, 5.41) is 8.72. The second kappa shape index (κ2) is 38.5. The molecule has 426 valence electrons. The maximum Gasteiger partial charge on any atom is 0.341 e. The number of carbonyl (C=O) groups is 3. The molecule has 18 heteroatoms. The molecule has 0 radical (unpaired) electrons. The van der Waals surface area contributed by atoms with E-state index in [9.17, 15) is 9.59 Å². The molecule has 0 saturated carbocycles. The zero-order chi connectivity index (χ0) is 55.4. The fraction of sp³-hybridized carbons (Fsp3) is 0.542. The molecule has 4 aromatic rings. The topological polar surface area (TPSA) is 201 Å². The largest absolute Gasteiger partial charge is 0.490 e. The fourth-order valence-electron chi connectivity index (χ4n) is 8.54. The quantitative estimate of drug-likeness (QED) is 0.0250. The molecule has 0 atom stereocenters. The maximum absolute atomic E-state index is 13.9. The average molecular weight is 1080 g/mol.